The van der Waals surface area contributed by atoms with E-state index in [2.05, 4.69) is 37.7 Å². The molecule has 0 spiro atoms. The van der Waals surface area contributed by atoms with E-state index in [-0.39, 0.29) is 0 Å². The van der Waals surface area contributed by atoms with Crippen LogP contribution in [0.4, 0.5) is 0 Å². The van der Waals surface area contributed by atoms with E-state index in [0.29, 0.717) is 11.7 Å². The molecule has 1 fully saturated rings. The smallest absolute Gasteiger partial charge is 0.137 e. The molecule has 1 aliphatic rings. The third-order valence-corrected chi connectivity index (χ3v) is 3.91. The van der Waals surface area contributed by atoms with Gasteiger partial charge in [0.25, 0.3) is 0 Å². The Morgan fingerprint density at radius 2 is 1.94 bits per heavy atom. The Morgan fingerprint density at radius 3 is 2.56 bits per heavy atom. The maximum atomic E-state index is 12.0. The molecule has 0 aromatic carbocycles. The lowest BCUT2D eigenvalue weighted by Gasteiger charge is -2.31. The fourth-order valence-electron chi connectivity index (χ4n) is 2.77. The number of hydrogen-bond donors (Lipinski definition) is 0. The van der Waals surface area contributed by atoms with Crippen LogP contribution in [0.1, 0.15) is 39.5 Å². The van der Waals surface area contributed by atoms with Crippen LogP contribution in [0.15, 0.2) is 0 Å². The summed E-state index contributed by atoms with van der Waals surface area (Å²) in [6.07, 6.45) is 4.17. The van der Waals surface area contributed by atoms with Gasteiger partial charge in [-0.1, -0.05) is 13.8 Å². The predicted molar refractivity (Wildman–Crippen MR) is 76.8 cm³/mol. The minimum Gasteiger partial charge on any atom is -0.308 e. The van der Waals surface area contributed by atoms with Crippen LogP contribution in [0.3, 0.4) is 0 Å². The first-order valence-corrected chi connectivity index (χ1v) is 7.42. The molecule has 0 N–H and O–H groups in total. The largest absolute Gasteiger partial charge is 0.308 e. The zero-order valence-electron chi connectivity index (χ0n) is 12.6. The standard InChI is InChI=1S/C15H30N2O/c1-5-8-17(10-9-16(3)4)12-14-11-13(2)6-7-15(14)18/h13-14H,5-12H2,1-4H3. The van der Waals surface area contributed by atoms with Crippen LogP contribution in [0.2, 0.25) is 0 Å². The average Bonchev–Trinajstić information content (AvgIpc) is 2.31. The van der Waals surface area contributed by atoms with E-state index in [9.17, 15) is 4.79 Å². The molecule has 0 saturated heterocycles. The van der Waals surface area contributed by atoms with Gasteiger partial charge in [-0.25, -0.2) is 0 Å². The maximum Gasteiger partial charge on any atom is 0.137 e. The van der Waals surface area contributed by atoms with E-state index in [1.807, 2.05) is 0 Å². The first kappa shape index (κ1) is 15.6. The van der Waals surface area contributed by atoms with E-state index in [1.54, 1.807) is 0 Å². The molecule has 1 rings (SSSR count). The van der Waals surface area contributed by atoms with Gasteiger partial charge in [0.05, 0.1) is 0 Å². The van der Waals surface area contributed by atoms with Gasteiger partial charge in [0, 0.05) is 32.0 Å². The number of hydrogen-bond acceptors (Lipinski definition) is 3. The summed E-state index contributed by atoms with van der Waals surface area (Å²) in [5.74, 6) is 1.52. The number of Topliss-reactive ketones (excluding diaryl/α,β-unsaturated/α-hetero) is 1. The van der Waals surface area contributed by atoms with E-state index in [0.717, 1.165) is 51.4 Å². The van der Waals surface area contributed by atoms with E-state index in [1.165, 1.54) is 6.42 Å². The van der Waals surface area contributed by atoms with Crippen molar-refractivity contribution >= 4 is 5.78 Å². The van der Waals surface area contributed by atoms with E-state index in [4.69, 9.17) is 0 Å². The average molecular weight is 254 g/mol. The first-order valence-electron chi connectivity index (χ1n) is 7.42. The van der Waals surface area contributed by atoms with Crippen molar-refractivity contribution in [2.45, 2.75) is 39.5 Å². The summed E-state index contributed by atoms with van der Waals surface area (Å²) >= 11 is 0. The molecule has 0 aromatic rings. The topological polar surface area (TPSA) is 23.6 Å². The number of nitrogens with zero attached hydrogens (tertiary/aromatic N) is 2. The van der Waals surface area contributed by atoms with Crippen molar-refractivity contribution < 1.29 is 4.79 Å². The Bertz CT molecular complexity index is 253. The first-order chi connectivity index (χ1) is 8.52. The Hall–Kier alpha value is -0.410. The molecule has 3 heteroatoms. The molecule has 0 radical (unpaired) electrons. The summed E-state index contributed by atoms with van der Waals surface area (Å²) in [6, 6.07) is 0. The second kappa shape index (κ2) is 7.90. The van der Waals surface area contributed by atoms with Crippen molar-refractivity contribution in [3.05, 3.63) is 0 Å². The highest BCUT2D eigenvalue weighted by Crippen LogP contribution is 2.26. The highest BCUT2D eigenvalue weighted by Gasteiger charge is 2.27. The summed E-state index contributed by atoms with van der Waals surface area (Å²) in [5, 5.41) is 0. The molecule has 0 aromatic heterocycles. The molecule has 2 atom stereocenters. The van der Waals surface area contributed by atoms with Crippen LogP contribution in [0, 0.1) is 11.8 Å². The summed E-state index contributed by atoms with van der Waals surface area (Å²) in [6.45, 7) is 8.75. The molecule has 106 valence electrons. The van der Waals surface area contributed by atoms with Crippen LogP contribution in [-0.4, -0.2) is 55.9 Å². The molecule has 0 aliphatic heterocycles. The van der Waals surface area contributed by atoms with Crippen LogP contribution < -0.4 is 0 Å². The highest BCUT2D eigenvalue weighted by atomic mass is 16.1. The number of carbonyl (C=O) groups is 1. The van der Waals surface area contributed by atoms with Gasteiger partial charge in [-0.15, -0.1) is 0 Å². The Balaban J connectivity index is 2.45. The van der Waals surface area contributed by atoms with E-state index < -0.39 is 0 Å². The molecule has 0 amide bonds. The van der Waals surface area contributed by atoms with Crippen molar-refractivity contribution in [1.82, 2.24) is 9.80 Å². The molecule has 18 heavy (non-hydrogen) atoms. The number of ketones is 1. The normalized spacial score (nSPS) is 25.1. The van der Waals surface area contributed by atoms with Gasteiger partial charge in [0.15, 0.2) is 0 Å². The van der Waals surface area contributed by atoms with E-state index >= 15 is 0 Å². The minimum atomic E-state index is 0.294. The number of rotatable bonds is 7. The van der Waals surface area contributed by atoms with Crippen molar-refractivity contribution in [3.63, 3.8) is 0 Å². The van der Waals surface area contributed by atoms with Crippen LogP contribution >= 0.6 is 0 Å². The minimum absolute atomic E-state index is 0.294. The lowest BCUT2D eigenvalue weighted by Crippen LogP contribution is -2.39. The zero-order chi connectivity index (χ0) is 13.5. The number of carbonyl (C=O) groups excluding carboxylic acids is 1. The van der Waals surface area contributed by atoms with Crippen molar-refractivity contribution in [1.29, 1.82) is 0 Å². The molecule has 1 saturated carbocycles. The fourth-order valence-corrected chi connectivity index (χ4v) is 2.77. The Morgan fingerprint density at radius 1 is 1.22 bits per heavy atom. The highest BCUT2D eigenvalue weighted by molar-refractivity contribution is 5.81. The van der Waals surface area contributed by atoms with Crippen molar-refractivity contribution in [2.24, 2.45) is 11.8 Å². The maximum absolute atomic E-state index is 12.0. The second-order valence-corrected chi connectivity index (χ2v) is 6.15. The zero-order valence-corrected chi connectivity index (χ0v) is 12.6. The van der Waals surface area contributed by atoms with Crippen molar-refractivity contribution in [3.8, 4) is 0 Å². The van der Waals surface area contributed by atoms with Gasteiger partial charge < -0.3 is 9.80 Å². The lowest BCUT2D eigenvalue weighted by atomic mass is 9.81. The SMILES string of the molecule is CCCN(CCN(C)C)CC1CC(C)CCC1=O. The molecular weight excluding hydrogens is 224 g/mol. The second-order valence-electron chi connectivity index (χ2n) is 6.15. The van der Waals surface area contributed by atoms with Crippen LogP contribution in [0.25, 0.3) is 0 Å². The van der Waals surface area contributed by atoms with Crippen LogP contribution in [0.5, 0.6) is 0 Å². The van der Waals surface area contributed by atoms with Gasteiger partial charge in [-0.3, -0.25) is 4.79 Å². The van der Waals surface area contributed by atoms with Gasteiger partial charge in [0.1, 0.15) is 5.78 Å². The molecule has 0 bridgehead atoms. The quantitative estimate of drug-likeness (QED) is 0.696. The molecular formula is C15H30N2O. The summed E-state index contributed by atoms with van der Waals surface area (Å²) < 4.78 is 0. The van der Waals surface area contributed by atoms with Gasteiger partial charge >= 0.3 is 0 Å². The summed E-state index contributed by atoms with van der Waals surface area (Å²) in [7, 11) is 4.22. The molecule has 3 nitrogen and oxygen atoms in total. The van der Waals surface area contributed by atoms with Gasteiger partial charge in [0.2, 0.25) is 0 Å². The number of likely N-dealkylation sites (N-methyl/N-ethyl adjacent to an activating group) is 1. The molecule has 1 aliphatic carbocycles. The van der Waals surface area contributed by atoms with Crippen LogP contribution in [-0.2, 0) is 4.79 Å². The van der Waals surface area contributed by atoms with Crippen molar-refractivity contribution in [2.75, 3.05) is 40.3 Å². The Kier molecular flexibility index (Phi) is 6.87. The predicted octanol–water partition coefficient (Wildman–Crippen LogP) is 2.27. The summed E-state index contributed by atoms with van der Waals surface area (Å²) in [5.41, 5.74) is 0. The molecule has 2 unspecified atom stereocenters. The lowest BCUT2D eigenvalue weighted by molar-refractivity contribution is -0.126. The monoisotopic (exact) mass is 254 g/mol. The third kappa shape index (κ3) is 5.49. The Labute approximate surface area is 113 Å². The fraction of sp³-hybridized carbons (Fsp3) is 0.933. The third-order valence-electron chi connectivity index (χ3n) is 3.91. The van der Waals surface area contributed by atoms with Gasteiger partial charge in [-0.2, -0.15) is 0 Å². The summed E-state index contributed by atoms with van der Waals surface area (Å²) in [4.78, 5) is 16.7. The molecule has 0 heterocycles. The van der Waals surface area contributed by atoms with Gasteiger partial charge in [-0.05, 0) is 45.8 Å².